The molecular formula is C13H20N2O4S. The number of hydrogen-bond donors (Lipinski definition) is 1. The Bertz CT molecular complexity index is 574. The zero-order chi connectivity index (χ0) is 14.8. The molecule has 0 radical (unpaired) electrons. The molecular weight excluding hydrogens is 280 g/mol. The van der Waals surface area contributed by atoms with Crippen molar-refractivity contribution in [2.75, 3.05) is 26.8 Å². The third-order valence-corrected chi connectivity index (χ3v) is 5.33. The summed E-state index contributed by atoms with van der Waals surface area (Å²) in [4.78, 5) is 0.185. The molecule has 1 heterocycles. The van der Waals surface area contributed by atoms with Crippen LogP contribution < -0.4 is 15.2 Å². The van der Waals surface area contributed by atoms with E-state index in [0.29, 0.717) is 24.7 Å². The fourth-order valence-electron chi connectivity index (χ4n) is 1.86. The maximum Gasteiger partial charge on any atom is 0.243 e. The van der Waals surface area contributed by atoms with Gasteiger partial charge in [-0.1, -0.05) is 0 Å². The Kier molecular flexibility index (Phi) is 4.52. The second-order valence-corrected chi connectivity index (χ2v) is 6.76. The van der Waals surface area contributed by atoms with E-state index in [2.05, 4.69) is 0 Å². The standard InChI is InChI=1S/C13H20N2O4S/c1-10(9-14)15(2)20(16,17)11-4-5-12-13(8-11)19-7-3-6-18-12/h4-5,8,10H,3,6-7,9,14H2,1-2H3. The Hall–Kier alpha value is -1.31. The van der Waals surface area contributed by atoms with Crippen LogP contribution in [0.3, 0.4) is 0 Å². The van der Waals surface area contributed by atoms with E-state index < -0.39 is 10.0 Å². The summed E-state index contributed by atoms with van der Waals surface area (Å²) < 4.78 is 37.2. The number of sulfonamides is 1. The first-order valence-corrected chi connectivity index (χ1v) is 7.98. The Morgan fingerprint density at radius 3 is 2.60 bits per heavy atom. The number of rotatable bonds is 4. The van der Waals surface area contributed by atoms with Crippen molar-refractivity contribution >= 4 is 10.0 Å². The second-order valence-electron chi connectivity index (χ2n) is 4.76. The van der Waals surface area contributed by atoms with E-state index in [1.54, 1.807) is 13.0 Å². The number of benzene rings is 1. The van der Waals surface area contributed by atoms with Crippen molar-refractivity contribution in [1.29, 1.82) is 0 Å². The van der Waals surface area contributed by atoms with Gasteiger partial charge >= 0.3 is 0 Å². The molecule has 0 amide bonds. The lowest BCUT2D eigenvalue weighted by molar-refractivity contribution is 0.296. The minimum atomic E-state index is -3.58. The topological polar surface area (TPSA) is 81.9 Å². The Balaban J connectivity index is 2.35. The largest absolute Gasteiger partial charge is 0.490 e. The fraction of sp³-hybridized carbons (Fsp3) is 0.538. The van der Waals surface area contributed by atoms with Gasteiger partial charge in [0.2, 0.25) is 10.0 Å². The van der Waals surface area contributed by atoms with Gasteiger partial charge in [0, 0.05) is 32.1 Å². The quantitative estimate of drug-likeness (QED) is 0.890. The number of fused-ring (bicyclic) bond motifs is 1. The molecule has 0 saturated heterocycles. The van der Waals surface area contributed by atoms with E-state index in [1.165, 1.54) is 23.5 Å². The van der Waals surface area contributed by atoms with Crippen LogP contribution in [0.15, 0.2) is 23.1 Å². The second kappa shape index (κ2) is 5.99. The summed E-state index contributed by atoms with van der Waals surface area (Å²) in [5.41, 5.74) is 5.53. The molecule has 1 aliphatic heterocycles. The van der Waals surface area contributed by atoms with Crippen LogP contribution in [-0.2, 0) is 10.0 Å². The fourth-order valence-corrected chi connectivity index (χ4v) is 3.24. The third kappa shape index (κ3) is 2.89. The Labute approximate surface area is 119 Å². The van der Waals surface area contributed by atoms with Crippen LogP contribution >= 0.6 is 0 Å². The average molecular weight is 300 g/mol. The van der Waals surface area contributed by atoms with E-state index in [1.807, 2.05) is 0 Å². The van der Waals surface area contributed by atoms with Gasteiger partial charge in [-0.3, -0.25) is 0 Å². The van der Waals surface area contributed by atoms with Crippen molar-refractivity contribution < 1.29 is 17.9 Å². The van der Waals surface area contributed by atoms with E-state index in [4.69, 9.17) is 15.2 Å². The molecule has 1 atom stereocenters. The van der Waals surface area contributed by atoms with Gasteiger partial charge in [0.15, 0.2) is 11.5 Å². The molecule has 7 heteroatoms. The van der Waals surface area contributed by atoms with Crippen LogP contribution in [0.2, 0.25) is 0 Å². The molecule has 6 nitrogen and oxygen atoms in total. The SMILES string of the molecule is CC(CN)N(C)S(=O)(=O)c1ccc2c(c1)OCCCO2. The molecule has 0 spiro atoms. The highest BCUT2D eigenvalue weighted by Gasteiger charge is 2.26. The highest BCUT2D eigenvalue weighted by atomic mass is 32.2. The van der Waals surface area contributed by atoms with Crippen LogP contribution in [0, 0.1) is 0 Å². The maximum absolute atomic E-state index is 12.5. The first-order chi connectivity index (χ1) is 9.46. The van der Waals surface area contributed by atoms with E-state index >= 15 is 0 Å². The van der Waals surface area contributed by atoms with Crippen LogP contribution in [0.5, 0.6) is 11.5 Å². The molecule has 20 heavy (non-hydrogen) atoms. The predicted octanol–water partition coefficient (Wildman–Crippen LogP) is 0.816. The Morgan fingerprint density at radius 1 is 1.30 bits per heavy atom. The van der Waals surface area contributed by atoms with E-state index in [9.17, 15) is 8.42 Å². The number of nitrogens with two attached hydrogens (primary N) is 1. The molecule has 112 valence electrons. The average Bonchev–Trinajstić information content (AvgIpc) is 2.69. The lowest BCUT2D eigenvalue weighted by atomic mass is 10.3. The molecule has 0 aliphatic carbocycles. The number of ether oxygens (including phenoxy) is 2. The van der Waals surface area contributed by atoms with Crippen molar-refractivity contribution in [3.05, 3.63) is 18.2 Å². The highest BCUT2D eigenvalue weighted by molar-refractivity contribution is 7.89. The molecule has 1 aromatic carbocycles. The molecule has 2 N–H and O–H groups in total. The van der Waals surface area contributed by atoms with Gasteiger partial charge in [0.05, 0.1) is 18.1 Å². The highest BCUT2D eigenvalue weighted by Crippen LogP contribution is 2.32. The lowest BCUT2D eigenvalue weighted by Gasteiger charge is -2.23. The van der Waals surface area contributed by atoms with Crippen LogP contribution in [-0.4, -0.2) is 45.6 Å². The summed E-state index contributed by atoms with van der Waals surface area (Å²) in [6.45, 7) is 3.12. The van der Waals surface area contributed by atoms with E-state index in [0.717, 1.165) is 6.42 Å². The van der Waals surface area contributed by atoms with Crippen LogP contribution in [0.1, 0.15) is 13.3 Å². The number of nitrogens with zero attached hydrogens (tertiary/aromatic N) is 1. The molecule has 0 saturated carbocycles. The summed E-state index contributed by atoms with van der Waals surface area (Å²) in [6, 6.07) is 4.41. The minimum absolute atomic E-state index is 0.185. The third-order valence-electron chi connectivity index (χ3n) is 3.36. The van der Waals surface area contributed by atoms with Crippen molar-refractivity contribution in [3.63, 3.8) is 0 Å². The monoisotopic (exact) mass is 300 g/mol. The van der Waals surface area contributed by atoms with Crippen molar-refractivity contribution in [1.82, 2.24) is 4.31 Å². The van der Waals surface area contributed by atoms with Crippen LogP contribution in [0.25, 0.3) is 0 Å². The summed E-state index contributed by atoms with van der Waals surface area (Å²) in [5.74, 6) is 1.05. The first-order valence-electron chi connectivity index (χ1n) is 6.54. The molecule has 0 fully saturated rings. The molecule has 0 aromatic heterocycles. The number of hydrogen-bond acceptors (Lipinski definition) is 5. The van der Waals surface area contributed by atoms with Crippen molar-refractivity contribution in [2.24, 2.45) is 5.73 Å². The summed E-state index contributed by atoms with van der Waals surface area (Å²) >= 11 is 0. The van der Waals surface area contributed by atoms with E-state index in [-0.39, 0.29) is 17.5 Å². The number of likely N-dealkylation sites (N-methyl/N-ethyl adjacent to an activating group) is 1. The summed E-state index contributed by atoms with van der Waals surface area (Å²) in [6.07, 6.45) is 0.779. The molecule has 1 aliphatic rings. The first kappa shape index (κ1) is 15.1. The van der Waals surface area contributed by atoms with Crippen molar-refractivity contribution in [2.45, 2.75) is 24.3 Å². The van der Waals surface area contributed by atoms with Crippen LogP contribution in [0.4, 0.5) is 0 Å². The normalized spacial score (nSPS) is 16.8. The summed E-state index contributed by atoms with van der Waals surface area (Å²) in [5, 5.41) is 0. The molecule has 2 rings (SSSR count). The minimum Gasteiger partial charge on any atom is -0.490 e. The van der Waals surface area contributed by atoms with Gasteiger partial charge in [-0.25, -0.2) is 8.42 Å². The maximum atomic E-state index is 12.5. The van der Waals surface area contributed by atoms with Gasteiger partial charge in [-0.15, -0.1) is 0 Å². The van der Waals surface area contributed by atoms with Gasteiger partial charge in [0.1, 0.15) is 0 Å². The summed E-state index contributed by atoms with van der Waals surface area (Å²) in [7, 11) is -2.05. The molecule has 1 unspecified atom stereocenters. The molecule has 1 aromatic rings. The smallest absolute Gasteiger partial charge is 0.243 e. The van der Waals surface area contributed by atoms with Gasteiger partial charge < -0.3 is 15.2 Å². The zero-order valence-electron chi connectivity index (χ0n) is 11.7. The zero-order valence-corrected chi connectivity index (χ0v) is 12.5. The van der Waals surface area contributed by atoms with Gasteiger partial charge in [0.25, 0.3) is 0 Å². The van der Waals surface area contributed by atoms with Crippen molar-refractivity contribution in [3.8, 4) is 11.5 Å². The lowest BCUT2D eigenvalue weighted by Crippen LogP contribution is -2.39. The van der Waals surface area contributed by atoms with Gasteiger partial charge in [-0.2, -0.15) is 4.31 Å². The van der Waals surface area contributed by atoms with Gasteiger partial charge in [-0.05, 0) is 19.1 Å². The predicted molar refractivity (Wildman–Crippen MR) is 75.5 cm³/mol. The Morgan fingerprint density at radius 2 is 1.95 bits per heavy atom. The molecule has 0 bridgehead atoms.